The summed E-state index contributed by atoms with van der Waals surface area (Å²) in [7, 11) is -3.84. The third kappa shape index (κ3) is 3.54. The second-order valence-electron chi connectivity index (χ2n) is 5.55. The topological polar surface area (TPSA) is 101 Å². The summed E-state index contributed by atoms with van der Waals surface area (Å²) in [6, 6.07) is 2.68. The normalized spacial score (nSPS) is 16.5. The van der Waals surface area contributed by atoms with Gasteiger partial charge in [0.25, 0.3) is 0 Å². The SMILES string of the molecule is Cc1ccc(N)c(S(=O)(=O)NC(C)C(=O)NC2CC2)c1C. The van der Waals surface area contributed by atoms with Crippen LogP contribution in [0.5, 0.6) is 0 Å². The van der Waals surface area contributed by atoms with Gasteiger partial charge in [-0.25, -0.2) is 8.42 Å². The molecule has 4 N–H and O–H groups in total. The molecule has 1 aliphatic rings. The molecule has 0 bridgehead atoms. The van der Waals surface area contributed by atoms with Gasteiger partial charge < -0.3 is 11.1 Å². The van der Waals surface area contributed by atoms with Crippen molar-refractivity contribution in [1.82, 2.24) is 10.0 Å². The van der Waals surface area contributed by atoms with Gasteiger partial charge in [0.05, 0.1) is 11.7 Å². The summed E-state index contributed by atoms with van der Waals surface area (Å²) in [5.74, 6) is -0.315. The van der Waals surface area contributed by atoms with Gasteiger partial charge in [-0.3, -0.25) is 4.79 Å². The number of hydrogen-bond acceptors (Lipinski definition) is 4. The smallest absolute Gasteiger partial charge is 0.243 e. The Hall–Kier alpha value is -1.60. The molecule has 0 heterocycles. The Morgan fingerprint density at radius 3 is 2.52 bits per heavy atom. The average Bonchev–Trinajstić information content (AvgIpc) is 3.17. The number of sulfonamides is 1. The zero-order valence-electron chi connectivity index (χ0n) is 12.4. The fraction of sp³-hybridized carbons (Fsp3) is 0.500. The Morgan fingerprint density at radius 2 is 1.95 bits per heavy atom. The van der Waals surface area contributed by atoms with Crippen LogP contribution in [0.25, 0.3) is 0 Å². The zero-order valence-corrected chi connectivity index (χ0v) is 13.3. The number of aryl methyl sites for hydroxylation is 1. The van der Waals surface area contributed by atoms with Crippen molar-refractivity contribution in [2.24, 2.45) is 0 Å². The molecule has 0 spiro atoms. The van der Waals surface area contributed by atoms with Crippen molar-refractivity contribution in [1.29, 1.82) is 0 Å². The van der Waals surface area contributed by atoms with Gasteiger partial charge in [-0.2, -0.15) is 4.72 Å². The zero-order chi connectivity index (χ0) is 15.8. The molecule has 116 valence electrons. The summed E-state index contributed by atoms with van der Waals surface area (Å²) in [5.41, 5.74) is 7.41. The fourth-order valence-electron chi connectivity index (χ4n) is 2.07. The molecule has 1 saturated carbocycles. The largest absolute Gasteiger partial charge is 0.398 e. The van der Waals surface area contributed by atoms with Crippen LogP contribution in [-0.2, 0) is 14.8 Å². The first-order valence-electron chi connectivity index (χ1n) is 6.90. The van der Waals surface area contributed by atoms with E-state index in [1.54, 1.807) is 19.1 Å². The molecular weight excluding hydrogens is 290 g/mol. The van der Waals surface area contributed by atoms with Gasteiger partial charge in [-0.05, 0) is 50.8 Å². The van der Waals surface area contributed by atoms with Gasteiger partial charge in [-0.1, -0.05) is 6.07 Å². The molecule has 1 fully saturated rings. The van der Waals surface area contributed by atoms with Crippen LogP contribution >= 0.6 is 0 Å². The van der Waals surface area contributed by atoms with E-state index in [9.17, 15) is 13.2 Å². The minimum absolute atomic E-state index is 0.0496. The van der Waals surface area contributed by atoms with Crippen molar-refractivity contribution in [3.8, 4) is 0 Å². The molecule has 0 aliphatic heterocycles. The molecule has 21 heavy (non-hydrogen) atoms. The van der Waals surface area contributed by atoms with E-state index in [1.165, 1.54) is 6.92 Å². The van der Waals surface area contributed by atoms with Crippen molar-refractivity contribution >= 4 is 21.6 Å². The lowest BCUT2D eigenvalue weighted by Gasteiger charge is -2.17. The van der Waals surface area contributed by atoms with E-state index in [1.807, 2.05) is 6.92 Å². The van der Waals surface area contributed by atoms with Crippen LogP contribution in [0.2, 0.25) is 0 Å². The highest BCUT2D eigenvalue weighted by molar-refractivity contribution is 7.89. The quantitative estimate of drug-likeness (QED) is 0.701. The number of carbonyl (C=O) groups excluding carboxylic acids is 1. The number of nitrogens with two attached hydrogens (primary N) is 1. The van der Waals surface area contributed by atoms with Crippen LogP contribution in [0.1, 0.15) is 30.9 Å². The van der Waals surface area contributed by atoms with Gasteiger partial charge in [0.1, 0.15) is 4.90 Å². The maximum atomic E-state index is 12.5. The Morgan fingerprint density at radius 1 is 1.33 bits per heavy atom. The van der Waals surface area contributed by atoms with Gasteiger partial charge >= 0.3 is 0 Å². The molecule has 1 aliphatic carbocycles. The summed E-state index contributed by atoms with van der Waals surface area (Å²) in [6.07, 6.45) is 1.91. The molecule has 6 nitrogen and oxygen atoms in total. The maximum absolute atomic E-state index is 12.5. The number of amides is 1. The van der Waals surface area contributed by atoms with E-state index in [4.69, 9.17) is 5.73 Å². The number of rotatable bonds is 5. The van der Waals surface area contributed by atoms with E-state index < -0.39 is 16.1 Å². The fourth-order valence-corrected chi connectivity index (χ4v) is 3.70. The van der Waals surface area contributed by atoms with Crippen LogP contribution in [-0.4, -0.2) is 26.4 Å². The molecule has 0 radical (unpaired) electrons. The minimum Gasteiger partial charge on any atom is -0.398 e. The van der Waals surface area contributed by atoms with E-state index in [-0.39, 0.29) is 22.5 Å². The first-order valence-corrected chi connectivity index (χ1v) is 8.39. The predicted molar refractivity (Wildman–Crippen MR) is 81.3 cm³/mol. The summed E-state index contributed by atoms with van der Waals surface area (Å²) in [4.78, 5) is 11.9. The second kappa shape index (κ2) is 5.65. The highest BCUT2D eigenvalue weighted by Gasteiger charge is 2.29. The van der Waals surface area contributed by atoms with Crippen LogP contribution in [0.4, 0.5) is 5.69 Å². The van der Waals surface area contributed by atoms with E-state index in [2.05, 4.69) is 10.0 Å². The standard InChI is InChI=1S/C14H21N3O3S/c1-8-4-7-12(15)13(9(8)2)21(19,20)17-10(3)14(18)16-11-5-6-11/h4,7,10-11,17H,5-6,15H2,1-3H3,(H,16,18). The summed E-state index contributed by atoms with van der Waals surface area (Å²) >= 11 is 0. The highest BCUT2D eigenvalue weighted by Crippen LogP contribution is 2.25. The van der Waals surface area contributed by atoms with Crippen molar-refractivity contribution in [3.05, 3.63) is 23.3 Å². The van der Waals surface area contributed by atoms with Gasteiger partial charge in [0.15, 0.2) is 0 Å². The third-order valence-corrected chi connectivity index (χ3v) is 5.37. The number of benzene rings is 1. The molecule has 7 heteroatoms. The Labute approximate surface area is 125 Å². The lowest BCUT2D eigenvalue weighted by Crippen LogP contribution is -2.45. The van der Waals surface area contributed by atoms with Crippen LogP contribution in [0.3, 0.4) is 0 Å². The highest BCUT2D eigenvalue weighted by atomic mass is 32.2. The molecule has 1 amide bonds. The number of hydrogen-bond donors (Lipinski definition) is 3. The van der Waals surface area contributed by atoms with Crippen LogP contribution in [0, 0.1) is 13.8 Å². The first kappa shape index (κ1) is 15.8. The Balaban J connectivity index is 2.22. The molecule has 0 aromatic heterocycles. The predicted octanol–water partition coefficient (Wildman–Crippen LogP) is 0.831. The molecule has 2 rings (SSSR count). The molecule has 0 saturated heterocycles. The van der Waals surface area contributed by atoms with E-state index in [0.29, 0.717) is 5.56 Å². The van der Waals surface area contributed by atoms with Gasteiger partial charge in [0.2, 0.25) is 15.9 Å². The second-order valence-corrected chi connectivity index (χ2v) is 7.20. The van der Waals surface area contributed by atoms with Gasteiger partial charge in [0, 0.05) is 6.04 Å². The third-order valence-electron chi connectivity index (χ3n) is 3.62. The Bertz CT molecular complexity index is 666. The van der Waals surface area contributed by atoms with Crippen molar-refractivity contribution in [3.63, 3.8) is 0 Å². The maximum Gasteiger partial charge on any atom is 0.243 e. The summed E-state index contributed by atoms with van der Waals surface area (Å²) in [6.45, 7) is 5.04. The monoisotopic (exact) mass is 311 g/mol. The average molecular weight is 311 g/mol. The minimum atomic E-state index is -3.84. The van der Waals surface area contributed by atoms with Crippen molar-refractivity contribution in [2.45, 2.75) is 50.6 Å². The lowest BCUT2D eigenvalue weighted by atomic mass is 10.1. The number of nitrogens with one attached hydrogen (secondary N) is 2. The Kier molecular flexibility index (Phi) is 4.25. The number of carbonyl (C=O) groups is 1. The molecule has 1 unspecified atom stereocenters. The van der Waals surface area contributed by atoms with Gasteiger partial charge in [-0.15, -0.1) is 0 Å². The molecule has 1 atom stereocenters. The van der Waals surface area contributed by atoms with Crippen molar-refractivity contribution in [2.75, 3.05) is 5.73 Å². The van der Waals surface area contributed by atoms with Crippen LogP contribution < -0.4 is 15.8 Å². The van der Waals surface area contributed by atoms with Crippen molar-refractivity contribution < 1.29 is 13.2 Å². The number of nitrogen functional groups attached to an aromatic ring is 1. The molecule has 1 aromatic carbocycles. The lowest BCUT2D eigenvalue weighted by molar-refractivity contribution is -0.122. The van der Waals surface area contributed by atoms with Crippen LogP contribution in [0.15, 0.2) is 17.0 Å². The van der Waals surface area contributed by atoms with E-state index >= 15 is 0 Å². The summed E-state index contributed by atoms with van der Waals surface area (Å²) < 4.78 is 27.3. The first-order chi connectivity index (χ1) is 9.72. The summed E-state index contributed by atoms with van der Waals surface area (Å²) in [5, 5.41) is 2.77. The number of anilines is 1. The molecular formula is C14H21N3O3S. The van der Waals surface area contributed by atoms with E-state index in [0.717, 1.165) is 18.4 Å². The molecule has 1 aromatic rings.